The van der Waals surface area contributed by atoms with Crippen LogP contribution in [0.3, 0.4) is 0 Å². The van der Waals surface area contributed by atoms with E-state index >= 15 is 0 Å². The summed E-state index contributed by atoms with van der Waals surface area (Å²) >= 11 is 0. The summed E-state index contributed by atoms with van der Waals surface area (Å²) < 4.78 is 17.5. The fourth-order valence-electron chi connectivity index (χ4n) is 3.64. The minimum absolute atomic E-state index is 0.170. The van der Waals surface area contributed by atoms with Gasteiger partial charge in [0.2, 0.25) is 0 Å². The summed E-state index contributed by atoms with van der Waals surface area (Å²) in [6.07, 6.45) is 0.481. The molecule has 4 aromatic rings. The molecule has 0 unspecified atom stereocenters. The summed E-state index contributed by atoms with van der Waals surface area (Å²) in [6.45, 7) is 2.66. The Hall–Kier alpha value is -3.45. The molecule has 0 aliphatic heterocycles. The molecule has 30 heavy (non-hydrogen) atoms. The van der Waals surface area contributed by atoms with Crippen molar-refractivity contribution in [3.63, 3.8) is 0 Å². The van der Waals surface area contributed by atoms with E-state index in [1.54, 1.807) is 17.7 Å². The molecule has 0 saturated heterocycles. The van der Waals surface area contributed by atoms with Crippen molar-refractivity contribution in [3.05, 3.63) is 75.9 Å². The minimum Gasteiger partial charge on any atom is -0.462 e. The van der Waals surface area contributed by atoms with E-state index in [4.69, 9.17) is 13.9 Å². The zero-order chi connectivity index (χ0) is 21.1. The van der Waals surface area contributed by atoms with Gasteiger partial charge in [0.15, 0.2) is 5.58 Å². The Labute approximate surface area is 172 Å². The van der Waals surface area contributed by atoms with Crippen LogP contribution in [-0.2, 0) is 22.6 Å². The number of hydrogen-bond donors (Lipinski definition) is 0. The molecule has 154 valence electrons. The molecule has 0 aliphatic rings. The Morgan fingerprint density at radius 3 is 2.73 bits per heavy atom. The van der Waals surface area contributed by atoms with Crippen molar-refractivity contribution in [2.75, 3.05) is 13.7 Å². The number of oxazole rings is 1. The number of aromatic nitrogens is 2. The smallest absolute Gasteiger partial charge is 0.419 e. The van der Waals surface area contributed by atoms with Gasteiger partial charge in [0, 0.05) is 19.0 Å². The third-order valence-corrected chi connectivity index (χ3v) is 5.05. The maximum Gasteiger partial charge on any atom is 0.419 e. The van der Waals surface area contributed by atoms with E-state index in [1.165, 1.54) is 0 Å². The molecule has 2 aromatic carbocycles. The van der Waals surface area contributed by atoms with E-state index in [-0.39, 0.29) is 13.2 Å². The van der Waals surface area contributed by atoms with Crippen LogP contribution in [0.25, 0.3) is 22.0 Å². The molecule has 0 fully saturated rings. The molecule has 4 rings (SSSR count). The van der Waals surface area contributed by atoms with Crippen LogP contribution in [0.2, 0.25) is 0 Å². The Bertz CT molecular complexity index is 1270. The zero-order valence-corrected chi connectivity index (χ0v) is 16.9. The van der Waals surface area contributed by atoms with Crippen LogP contribution < -0.4 is 5.76 Å². The molecular weight excluding hydrogens is 384 g/mol. The maximum absolute atomic E-state index is 12.8. The summed E-state index contributed by atoms with van der Waals surface area (Å²) in [5, 5.41) is 0.903. The van der Waals surface area contributed by atoms with E-state index in [0.29, 0.717) is 29.8 Å². The fraction of sp³-hybridized carbons (Fsp3) is 0.261. The van der Waals surface area contributed by atoms with Gasteiger partial charge < -0.3 is 13.9 Å². The van der Waals surface area contributed by atoms with Gasteiger partial charge in [-0.2, -0.15) is 0 Å². The van der Waals surface area contributed by atoms with Gasteiger partial charge in [-0.15, -0.1) is 0 Å². The maximum atomic E-state index is 12.8. The average molecular weight is 406 g/mol. The average Bonchev–Trinajstić information content (AvgIpc) is 3.06. The highest BCUT2D eigenvalue weighted by molar-refractivity contribution is 5.98. The lowest BCUT2D eigenvalue weighted by molar-refractivity contribution is 0.0489. The van der Waals surface area contributed by atoms with Crippen molar-refractivity contribution in [2.24, 2.45) is 0 Å². The Kier molecular flexibility index (Phi) is 5.63. The topological polar surface area (TPSA) is 83.6 Å². The second-order valence-electron chi connectivity index (χ2n) is 6.99. The van der Waals surface area contributed by atoms with Gasteiger partial charge in [-0.25, -0.2) is 14.6 Å². The van der Waals surface area contributed by atoms with Gasteiger partial charge in [0.05, 0.1) is 35.5 Å². The molecule has 2 aromatic heterocycles. The van der Waals surface area contributed by atoms with Crippen molar-refractivity contribution in [1.82, 2.24) is 9.55 Å². The second kappa shape index (κ2) is 8.51. The molecule has 0 amide bonds. The third-order valence-electron chi connectivity index (χ3n) is 5.05. The molecule has 0 radical (unpaired) electrons. The van der Waals surface area contributed by atoms with Crippen LogP contribution in [0.15, 0.2) is 57.7 Å². The van der Waals surface area contributed by atoms with E-state index in [9.17, 15) is 9.59 Å². The number of carbonyl (C=O) groups excluding carboxylic acids is 1. The highest BCUT2D eigenvalue weighted by Crippen LogP contribution is 2.24. The van der Waals surface area contributed by atoms with Crippen LogP contribution in [-0.4, -0.2) is 29.2 Å². The number of esters is 1. The molecular formula is C23H22N2O5. The molecule has 0 bridgehead atoms. The second-order valence-corrected chi connectivity index (χ2v) is 6.99. The van der Waals surface area contributed by atoms with Gasteiger partial charge in [-0.3, -0.25) is 4.57 Å². The summed E-state index contributed by atoms with van der Waals surface area (Å²) in [5.41, 5.74) is 3.88. The number of para-hydroxylation sites is 3. The largest absolute Gasteiger partial charge is 0.462 e. The summed E-state index contributed by atoms with van der Waals surface area (Å²) in [7, 11) is 1.56. The number of hydrogen-bond acceptors (Lipinski definition) is 6. The third kappa shape index (κ3) is 3.71. The van der Waals surface area contributed by atoms with E-state index < -0.39 is 11.7 Å². The quantitative estimate of drug-likeness (QED) is 0.342. The highest BCUT2D eigenvalue weighted by atomic mass is 16.5. The number of rotatable bonds is 7. The first-order valence-electron chi connectivity index (χ1n) is 9.73. The number of aryl methyl sites for hydroxylation is 2. The number of carbonyl (C=O) groups is 1. The monoisotopic (exact) mass is 406 g/mol. The van der Waals surface area contributed by atoms with Crippen LogP contribution in [0.1, 0.15) is 28.0 Å². The Balaban J connectivity index is 1.49. The SMILES string of the molecule is COCc1nc2ccccc2c(C)c1C(=O)OCCCn1c(=O)oc2ccccc21. The molecule has 0 atom stereocenters. The van der Waals surface area contributed by atoms with Gasteiger partial charge in [0.1, 0.15) is 0 Å². The van der Waals surface area contributed by atoms with Crippen LogP contribution in [0, 0.1) is 6.92 Å². The van der Waals surface area contributed by atoms with Crippen molar-refractivity contribution >= 4 is 28.0 Å². The van der Waals surface area contributed by atoms with Gasteiger partial charge >= 0.3 is 11.7 Å². The number of pyridine rings is 1. The van der Waals surface area contributed by atoms with Crippen molar-refractivity contribution in [3.8, 4) is 0 Å². The first-order chi connectivity index (χ1) is 14.6. The molecule has 7 heteroatoms. The summed E-state index contributed by atoms with van der Waals surface area (Å²) in [4.78, 5) is 29.5. The highest BCUT2D eigenvalue weighted by Gasteiger charge is 2.20. The number of fused-ring (bicyclic) bond motifs is 2. The van der Waals surface area contributed by atoms with Crippen molar-refractivity contribution < 1.29 is 18.7 Å². The molecule has 0 saturated carbocycles. The zero-order valence-electron chi connectivity index (χ0n) is 16.9. The predicted molar refractivity (Wildman–Crippen MR) is 113 cm³/mol. The Morgan fingerprint density at radius 2 is 1.90 bits per heavy atom. The number of methoxy groups -OCH3 is 1. The standard InChI is InChI=1S/C23H22N2O5/c1-15-16-8-3-4-9-17(16)24-18(14-28-2)21(15)22(26)29-13-7-12-25-19-10-5-6-11-20(19)30-23(25)27/h3-6,8-11H,7,12-14H2,1-2H3. The Morgan fingerprint density at radius 1 is 1.13 bits per heavy atom. The number of ether oxygens (including phenoxy) is 2. The first kappa shape index (κ1) is 19.8. The van der Waals surface area contributed by atoms with Gasteiger partial charge in [-0.1, -0.05) is 30.3 Å². The van der Waals surface area contributed by atoms with E-state index in [1.807, 2.05) is 49.4 Å². The molecule has 0 N–H and O–H groups in total. The van der Waals surface area contributed by atoms with E-state index in [0.717, 1.165) is 22.0 Å². The molecule has 7 nitrogen and oxygen atoms in total. The molecule has 0 aliphatic carbocycles. The molecule has 0 spiro atoms. The van der Waals surface area contributed by atoms with Crippen molar-refractivity contribution in [1.29, 1.82) is 0 Å². The minimum atomic E-state index is -0.442. The van der Waals surface area contributed by atoms with Crippen LogP contribution >= 0.6 is 0 Å². The summed E-state index contributed by atoms with van der Waals surface area (Å²) in [5.74, 6) is -0.860. The molecule has 2 heterocycles. The lowest BCUT2D eigenvalue weighted by Gasteiger charge is -2.14. The number of benzene rings is 2. The van der Waals surface area contributed by atoms with Crippen molar-refractivity contribution in [2.45, 2.75) is 26.5 Å². The van der Waals surface area contributed by atoms with Gasteiger partial charge in [0.25, 0.3) is 0 Å². The number of nitrogens with zero attached hydrogens (tertiary/aromatic N) is 2. The van der Waals surface area contributed by atoms with E-state index in [2.05, 4.69) is 4.98 Å². The van der Waals surface area contributed by atoms with Crippen LogP contribution in [0.5, 0.6) is 0 Å². The first-order valence-corrected chi connectivity index (χ1v) is 9.73. The van der Waals surface area contributed by atoms with Gasteiger partial charge in [-0.05, 0) is 37.1 Å². The lowest BCUT2D eigenvalue weighted by atomic mass is 10.0. The lowest BCUT2D eigenvalue weighted by Crippen LogP contribution is -2.17. The summed E-state index contributed by atoms with van der Waals surface area (Å²) in [6, 6.07) is 14.9. The van der Waals surface area contributed by atoms with Crippen LogP contribution in [0.4, 0.5) is 0 Å². The normalized spacial score (nSPS) is 11.3. The fourth-order valence-corrected chi connectivity index (χ4v) is 3.64. The predicted octanol–water partition coefficient (Wildman–Crippen LogP) is 3.84.